The largest absolute Gasteiger partial charge is 0.281 e. The minimum Gasteiger partial charge on any atom is -0.267 e. The molecule has 1 aromatic heterocycles. The van der Waals surface area contributed by atoms with Gasteiger partial charge in [-0.05, 0) is 36.2 Å². The second kappa shape index (κ2) is 7.88. The van der Waals surface area contributed by atoms with Crippen LogP contribution in [0.5, 0.6) is 0 Å². The normalized spacial score (nSPS) is 10.4. The Morgan fingerprint density at radius 2 is 1.73 bits per heavy atom. The SMILES string of the molecule is CCc1ccc(C(=O)NNC(=O)c2cnc(-c3ccccc3F)s2)cc1. The Labute approximate surface area is 153 Å². The number of amides is 2. The van der Waals surface area contributed by atoms with Crippen LogP contribution >= 0.6 is 11.3 Å². The first-order valence-electron chi connectivity index (χ1n) is 7.99. The third-order valence-electron chi connectivity index (χ3n) is 3.75. The molecule has 0 aliphatic rings. The van der Waals surface area contributed by atoms with E-state index in [2.05, 4.69) is 15.8 Å². The lowest BCUT2D eigenvalue weighted by molar-refractivity contribution is 0.0849. The second-order valence-corrected chi connectivity index (χ2v) is 6.50. The minimum atomic E-state index is -0.511. The highest BCUT2D eigenvalue weighted by molar-refractivity contribution is 7.16. The summed E-state index contributed by atoms with van der Waals surface area (Å²) in [6.45, 7) is 2.03. The molecule has 0 unspecified atom stereocenters. The fraction of sp³-hybridized carbons (Fsp3) is 0.105. The van der Waals surface area contributed by atoms with Crippen molar-refractivity contribution in [2.24, 2.45) is 0 Å². The van der Waals surface area contributed by atoms with Crippen LogP contribution in [0.15, 0.2) is 54.7 Å². The van der Waals surface area contributed by atoms with Crippen LogP contribution in [0.4, 0.5) is 4.39 Å². The summed E-state index contributed by atoms with van der Waals surface area (Å²) >= 11 is 1.05. The number of thiazole rings is 1. The average molecular weight is 369 g/mol. The summed E-state index contributed by atoms with van der Waals surface area (Å²) in [6, 6.07) is 13.3. The molecule has 0 aliphatic heterocycles. The molecule has 26 heavy (non-hydrogen) atoms. The van der Waals surface area contributed by atoms with Crippen LogP contribution in [0, 0.1) is 5.82 Å². The Hall–Kier alpha value is -3.06. The zero-order valence-corrected chi connectivity index (χ0v) is 14.8. The van der Waals surface area contributed by atoms with Gasteiger partial charge in [-0.3, -0.25) is 20.4 Å². The topological polar surface area (TPSA) is 71.1 Å². The van der Waals surface area contributed by atoms with E-state index in [0.29, 0.717) is 16.1 Å². The van der Waals surface area contributed by atoms with E-state index in [4.69, 9.17) is 0 Å². The zero-order valence-electron chi connectivity index (χ0n) is 14.0. The van der Waals surface area contributed by atoms with Crippen LogP contribution in [0.25, 0.3) is 10.6 Å². The molecule has 1 heterocycles. The number of halogens is 1. The van der Waals surface area contributed by atoms with Crippen LogP contribution in [0.2, 0.25) is 0 Å². The lowest BCUT2D eigenvalue weighted by Crippen LogP contribution is -2.41. The summed E-state index contributed by atoms with van der Waals surface area (Å²) in [5.41, 5.74) is 6.60. The number of benzene rings is 2. The van der Waals surface area contributed by atoms with Crippen molar-refractivity contribution in [1.82, 2.24) is 15.8 Å². The number of nitrogens with one attached hydrogen (secondary N) is 2. The predicted molar refractivity (Wildman–Crippen MR) is 98.3 cm³/mol. The lowest BCUT2D eigenvalue weighted by Gasteiger charge is -2.06. The maximum atomic E-state index is 13.8. The van der Waals surface area contributed by atoms with Crippen molar-refractivity contribution in [3.05, 3.63) is 76.5 Å². The number of rotatable bonds is 4. The van der Waals surface area contributed by atoms with Gasteiger partial charge in [-0.1, -0.05) is 31.2 Å². The molecule has 0 atom stereocenters. The van der Waals surface area contributed by atoms with Crippen molar-refractivity contribution in [1.29, 1.82) is 0 Å². The summed E-state index contributed by atoms with van der Waals surface area (Å²) in [5, 5.41) is 0.398. The van der Waals surface area contributed by atoms with Crippen molar-refractivity contribution >= 4 is 23.2 Å². The maximum Gasteiger partial charge on any atom is 0.281 e. The van der Waals surface area contributed by atoms with Gasteiger partial charge in [-0.25, -0.2) is 9.37 Å². The Kier molecular flexibility index (Phi) is 5.38. The molecule has 0 aliphatic carbocycles. The van der Waals surface area contributed by atoms with Gasteiger partial charge in [0.2, 0.25) is 0 Å². The van der Waals surface area contributed by atoms with Crippen molar-refractivity contribution < 1.29 is 14.0 Å². The Bertz CT molecular complexity index is 938. The highest BCUT2D eigenvalue weighted by Gasteiger charge is 2.15. The van der Waals surface area contributed by atoms with Crippen LogP contribution in [-0.4, -0.2) is 16.8 Å². The van der Waals surface area contributed by atoms with Crippen LogP contribution in [-0.2, 0) is 6.42 Å². The van der Waals surface area contributed by atoms with E-state index in [1.807, 2.05) is 19.1 Å². The molecule has 132 valence electrons. The third-order valence-corrected chi connectivity index (χ3v) is 4.78. The first-order chi connectivity index (χ1) is 12.6. The fourth-order valence-electron chi connectivity index (χ4n) is 2.28. The van der Waals surface area contributed by atoms with Gasteiger partial charge in [-0.15, -0.1) is 11.3 Å². The van der Waals surface area contributed by atoms with Crippen LogP contribution in [0.3, 0.4) is 0 Å². The van der Waals surface area contributed by atoms with E-state index in [9.17, 15) is 14.0 Å². The van der Waals surface area contributed by atoms with Gasteiger partial charge >= 0.3 is 0 Å². The number of carbonyl (C=O) groups excluding carboxylic acids is 2. The summed E-state index contributed by atoms with van der Waals surface area (Å²) in [4.78, 5) is 28.6. The van der Waals surface area contributed by atoms with E-state index in [0.717, 1.165) is 23.3 Å². The Morgan fingerprint density at radius 1 is 1.04 bits per heavy atom. The fourth-order valence-corrected chi connectivity index (χ4v) is 3.12. The zero-order chi connectivity index (χ0) is 18.5. The monoisotopic (exact) mass is 369 g/mol. The lowest BCUT2D eigenvalue weighted by atomic mass is 10.1. The van der Waals surface area contributed by atoms with Gasteiger partial charge in [0, 0.05) is 11.1 Å². The van der Waals surface area contributed by atoms with E-state index < -0.39 is 17.6 Å². The van der Waals surface area contributed by atoms with Gasteiger partial charge < -0.3 is 0 Å². The molecule has 2 amide bonds. The number of carbonyl (C=O) groups is 2. The average Bonchev–Trinajstić information content (AvgIpc) is 3.16. The molecule has 2 aromatic carbocycles. The summed E-state index contributed by atoms with van der Waals surface area (Å²) < 4.78 is 13.8. The molecule has 0 saturated heterocycles. The quantitative estimate of drug-likeness (QED) is 0.691. The van der Waals surface area contributed by atoms with Gasteiger partial charge in [0.15, 0.2) is 0 Å². The highest BCUT2D eigenvalue weighted by atomic mass is 32.1. The van der Waals surface area contributed by atoms with Crippen LogP contribution < -0.4 is 10.9 Å². The molecular weight excluding hydrogens is 353 g/mol. The smallest absolute Gasteiger partial charge is 0.267 e. The molecule has 2 N–H and O–H groups in total. The molecule has 0 bridgehead atoms. The van der Waals surface area contributed by atoms with Gasteiger partial charge in [0.25, 0.3) is 11.8 Å². The van der Waals surface area contributed by atoms with Gasteiger partial charge in [0.05, 0.1) is 6.20 Å². The summed E-state index contributed by atoms with van der Waals surface area (Å²) in [7, 11) is 0. The number of aryl methyl sites for hydroxylation is 1. The van der Waals surface area contributed by atoms with Crippen molar-refractivity contribution in [3.8, 4) is 10.6 Å². The molecular formula is C19H16FN3O2S. The predicted octanol–water partition coefficient (Wildman–Crippen LogP) is 3.59. The molecule has 0 saturated carbocycles. The van der Waals surface area contributed by atoms with E-state index in [1.54, 1.807) is 30.3 Å². The molecule has 0 spiro atoms. The number of nitrogens with zero attached hydrogens (tertiary/aromatic N) is 1. The van der Waals surface area contributed by atoms with Crippen molar-refractivity contribution in [2.75, 3.05) is 0 Å². The first kappa shape index (κ1) is 17.8. The van der Waals surface area contributed by atoms with E-state index >= 15 is 0 Å². The number of aromatic nitrogens is 1. The van der Waals surface area contributed by atoms with Gasteiger partial charge in [-0.2, -0.15) is 0 Å². The Morgan fingerprint density at radius 3 is 2.42 bits per heavy atom. The maximum absolute atomic E-state index is 13.8. The Balaban J connectivity index is 1.63. The molecule has 0 fully saturated rings. The number of hydrazine groups is 1. The summed E-state index contributed by atoms with van der Waals surface area (Å²) in [6.07, 6.45) is 2.23. The van der Waals surface area contributed by atoms with E-state index in [1.165, 1.54) is 12.3 Å². The standard InChI is InChI=1S/C19H16FN3O2S/c1-2-12-7-9-13(10-8-12)17(24)22-23-18(25)16-11-21-19(26-16)14-5-3-4-6-15(14)20/h3-11H,2H2,1H3,(H,22,24)(H,23,25). The van der Waals surface area contributed by atoms with Crippen LogP contribution in [0.1, 0.15) is 32.5 Å². The molecule has 3 aromatic rings. The molecule has 0 radical (unpaired) electrons. The summed E-state index contributed by atoms with van der Waals surface area (Å²) in [5.74, 6) is -1.33. The van der Waals surface area contributed by atoms with Crippen molar-refractivity contribution in [2.45, 2.75) is 13.3 Å². The van der Waals surface area contributed by atoms with Gasteiger partial charge in [0.1, 0.15) is 15.7 Å². The molecule has 7 heteroatoms. The first-order valence-corrected chi connectivity index (χ1v) is 8.80. The van der Waals surface area contributed by atoms with Crippen molar-refractivity contribution in [3.63, 3.8) is 0 Å². The minimum absolute atomic E-state index is 0.268. The highest BCUT2D eigenvalue weighted by Crippen LogP contribution is 2.27. The third kappa shape index (κ3) is 3.94. The number of hydrogen-bond acceptors (Lipinski definition) is 4. The van der Waals surface area contributed by atoms with E-state index in [-0.39, 0.29) is 4.88 Å². The second-order valence-electron chi connectivity index (χ2n) is 5.47. The molecule has 3 rings (SSSR count). The molecule has 5 nitrogen and oxygen atoms in total. The number of hydrogen-bond donors (Lipinski definition) is 2.